The minimum absolute atomic E-state index is 0.173. The van der Waals surface area contributed by atoms with Crippen LogP contribution < -0.4 is 5.56 Å². The predicted molar refractivity (Wildman–Crippen MR) is 79.7 cm³/mol. The van der Waals surface area contributed by atoms with Gasteiger partial charge in [-0.1, -0.05) is 30.3 Å². The Hall–Kier alpha value is -2.88. The van der Waals surface area contributed by atoms with Crippen molar-refractivity contribution in [2.24, 2.45) is 0 Å². The Morgan fingerprint density at radius 3 is 2.55 bits per heavy atom. The lowest BCUT2D eigenvalue weighted by Gasteiger charge is -2.01. The van der Waals surface area contributed by atoms with E-state index in [1.54, 1.807) is 0 Å². The second-order valence-corrected chi connectivity index (χ2v) is 4.68. The van der Waals surface area contributed by atoms with Gasteiger partial charge in [0.25, 0.3) is 5.56 Å². The lowest BCUT2D eigenvalue weighted by Crippen LogP contribution is -2.11. The minimum atomic E-state index is -0.173. The topological polar surface area (TPSA) is 61.5 Å². The molecule has 0 saturated heterocycles. The average molecular weight is 261 g/mol. The van der Waals surface area contributed by atoms with Crippen molar-refractivity contribution >= 4 is 21.9 Å². The molecule has 0 amide bonds. The van der Waals surface area contributed by atoms with Gasteiger partial charge in [0.05, 0.1) is 11.0 Å². The number of rotatable bonds is 1. The molecule has 0 bridgehead atoms. The van der Waals surface area contributed by atoms with Gasteiger partial charge in [0.1, 0.15) is 5.69 Å². The molecule has 0 aliphatic rings. The Morgan fingerprint density at radius 2 is 1.65 bits per heavy atom. The third-order valence-electron chi connectivity index (χ3n) is 3.44. The number of aromatic amines is 2. The fourth-order valence-corrected chi connectivity index (χ4v) is 2.48. The van der Waals surface area contributed by atoms with Crippen LogP contribution in [0.15, 0.2) is 59.5 Å². The second kappa shape index (κ2) is 4.06. The first kappa shape index (κ1) is 11.0. The van der Waals surface area contributed by atoms with Crippen molar-refractivity contribution in [1.29, 1.82) is 0 Å². The van der Waals surface area contributed by atoms with E-state index in [1.165, 1.54) is 0 Å². The number of hydrogen-bond acceptors (Lipinski definition) is 2. The Morgan fingerprint density at radius 1 is 0.900 bits per heavy atom. The van der Waals surface area contributed by atoms with Gasteiger partial charge >= 0.3 is 0 Å². The van der Waals surface area contributed by atoms with Crippen molar-refractivity contribution < 1.29 is 0 Å². The van der Waals surface area contributed by atoms with Crippen molar-refractivity contribution in [3.8, 4) is 11.3 Å². The zero-order valence-electron chi connectivity index (χ0n) is 10.6. The summed E-state index contributed by atoms with van der Waals surface area (Å²) in [7, 11) is 0. The molecule has 2 aromatic heterocycles. The first-order valence-corrected chi connectivity index (χ1v) is 6.38. The van der Waals surface area contributed by atoms with Crippen LogP contribution >= 0.6 is 0 Å². The van der Waals surface area contributed by atoms with E-state index >= 15 is 0 Å². The van der Waals surface area contributed by atoms with E-state index in [2.05, 4.69) is 15.0 Å². The number of hydrogen-bond donors (Lipinski definition) is 2. The van der Waals surface area contributed by atoms with Crippen LogP contribution in [-0.4, -0.2) is 15.0 Å². The molecule has 4 nitrogen and oxygen atoms in total. The smallest absolute Gasteiger partial charge is 0.275 e. The molecule has 0 atom stereocenters. The summed E-state index contributed by atoms with van der Waals surface area (Å²) in [5, 5.41) is 1.00. The lowest BCUT2D eigenvalue weighted by atomic mass is 10.1. The van der Waals surface area contributed by atoms with Gasteiger partial charge < -0.3 is 9.97 Å². The fourth-order valence-electron chi connectivity index (χ4n) is 2.48. The number of nitrogens with one attached hydrogen (secondary N) is 2. The van der Waals surface area contributed by atoms with E-state index in [0.717, 1.165) is 27.5 Å². The molecule has 2 aromatic carbocycles. The third kappa shape index (κ3) is 1.55. The number of aromatic nitrogens is 3. The maximum absolute atomic E-state index is 12.2. The van der Waals surface area contributed by atoms with Crippen molar-refractivity contribution in [1.82, 2.24) is 15.0 Å². The predicted octanol–water partition coefficient (Wildman–Crippen LogP) is 3.07. The highest BCUT2D eigenvalue weighted by Gasteiger charge is 2.11. The van der Waals surface area contributed by atoms with E-state index in [-0.39, 0.29) is 5.56 Å². The summed E-state index contributed by atoms with van der Waals surface area (Å²) >= 11 is 0. The summed E-state index contributed by atoms with van der Waals surface area (Å²) in [5.41, 5.74) is 3.63. The van der Waals surface area contributed by atoms with Crippen LogP contribution in [-0.2, 0) is 0 Å². The number of benzene rings is 2. The zero-order valence-corrected chi connectivity index (χ0v) is 10.6. The van der Waals surface area contributed by atoms with Gasteiger partial charge in [-0.3, -0.25) is 4.79 Å². The molecule has 4 rings (SSSR count). The van der Waals surface area contributed by atoms with E-state index in [9.17, 15) is 4.79 Å². The standard InChI is InChI=1S/C16H11N3O/c20-16-15(18-13-7-3-4-8-14(13)19-16)11-9-17-12-6-2-1-5-10(11)12/h1-9,17H,(H,19,20). The summed E-state index contributed by atoms with van der Waals surface area (Å²) in [6, 6.07) is 15.4. The van der Waals surface area contributed by atoms with E-state index < -0.39 is 0 Å². The van der Waals surface area contributed by atoms with E-state index in [0.29, 0.717) is 5.69 Å². The minimum Gasteiger partial charge on any atom is -0.360 e. The van der Waals surface area contributed by atoms with Gasteiger partial charge in [0, 0.05) is 22.7 Å². The molecule has 0 aliphatic carbocycles. The van der Waals surface area contributed by atoms with Crippen molar-refractivity contribution in [3.05, 3.63) is 65.1 Å². The summed E-state index contributed by atoms with van der Waals surface area (Å²) in [5.74, 6) is 0. The largest absolute Gasteiger partial charge is 0.360 e. The Kier molecular flexibility index (Phi) is 2.23. The maximum atomic E-state index is 12.2. The zero-order chi connectivity index (χ0) is 13.5. The average Bonchev–Trinajstić information content (AvgIpc) is 2.90. The van der Waals surface area contributed by atoms with Gasteiger partial charge in [0.15, 0.2) is 0 Å². The molecule has 96 valence electrons. The van der Waals surface area contributed by atoms with Gasteiger partial charge in [-0.2, -0.15) is 0 Å². The van der Waals surface area contributed by atoms with Crippen LogP contribution in [0.4, 0.5) is 0 Å². The first-order valence-electron chi connectivity index (χ1n) is 6.38. The molecule has 2 heterocycles. The van der Waals surface area contributed by atoms with Crippen LogP contribution in [0, 0.1) is 0 Å². The number of fused-ring (bicyclic) bond motifs is 2. The third-order valence-corrected chi connectivity index (χ3v) is 3.44. The molecule has 0 unspecified atom stereocenters. The summed E-state index contributed by atoms with van der Waals surface area (Å²) < 4.78 is 0. The highest BCUT2D eigenvalue weighted by molar-refractivity contribution is 5.95. The quantitative estimate of drug-likeness (QED) is 0.553. The maximum Gasteiger partial charge on any atom is 0.275 e. The molecular formula is C16H11N3O. The summed E-state index contributed by atoms with van der Waals surface area (Å²) in [6.45, 7) is 0. The van der Waals surface area contributed by atoms with Gasteiger partial charge in [-0.15, -0.1) is 0 Å². The molecule has 0 saturated carbocycles. The highest BCUT2D eigenvalue weighted by Crippen LogP contribution is 2.25. The Labute approximate surface area is 114 Å². The van der Waals surface area contributed by atoms with E-state index in [4.69, 9.17) is 0 Å². The van der Waals surface area contributed by atoms with Gasteiger partial charge in [-0.25, -0.2) is 4.98 Å². The first-order chi connectivity index (χ1) is 9.83. The Balaban J connectivity index is 2.07. The SMILES string of the molecule is O=c1[nH]c2ccccc2nc1-c1c[nH]c2ccccc12. The molecule has 0 fully saturated rings. The monoisotopic (exact) mass is 261 g/mol. The normalized spacial score (nSPS) is 11.2. The van der Waals surface area contributed by atoms with Crippen LogP contribution in [0.3, 0.4) is 0 Å². The van der Waals surface area contributed by atoms with Crippen LogP contribution in [0.5, 0.6) is 0 Å². The van der Waals surface area contributed by atoms with E-state index in [1.807, 2.05) is 54.7 Å². The van der Waals surface area contributed by atoms with Crippen molar-refractivity contribution in [2.75, 3.05) is 0 Å². The Bertz CT molecular complexity index is 982. The molecule has 4 heteroatoms. The molecule has 2 N–H and O–H groups in total. The summed E-state index contributed by atoms with van der Waals surface area (Å²) in [4.78, 5) is 22.8. The molecule has 4 aromatic rings. The van der Waals surface area contributed by atoms with Crippen LogP contribution in [0.2, 0.25) is 0 Å². The number of nitrogens with zero attached hydrogens (tertiary/aromatic N) is 1. The number of para-hydroxylation sites is 3. The van der Waals surface area contributed by atoms with Gasteiger partial charge in [0.2, 0.25) is 0 Å². The lowest BCUT2D eigenvalue weighted by molar-refractivity contribution is 1.22. The highest BCUT2D eigenvalue weighted by atomic mass is 16.1. The fraction of sp³-hybridized carbons (Fsp3) is 0. The molecule has 0 radical (unpaired) electrons. The van der Waals surface area contributed by atoms with Crippen LogP contribution in [0.25, 0.3) is 33.2 Å². The van der Waals surface area contributed by atoms with Crippen molar-refractivity contribution in [3.63, 3.8) is 0 Å². The molecule has 20 heavy (non-hydrogen) atoms. The molecule has 0 aliphatic heterocycles. The van der Waals surface area contributed by atoms with Crippen LogP contribution in [0.1, 0.15) is 0 Å². The summed E-state index contributed by atoms with van der Waals surface area (Å²) in [6.07, 6.45) is 1.83. The van der Waals surface area contributed by atoms with Gasteiger partial charge in [-0.05, 0) is 18.2 Å². The number of H-pyrrole nitrogens is 2. The second-order valence-electron chi connectivity index (χ2n) is 4.68. The van der Waals surface area contributed by atoms with Crippen molar-refractivity contribution in [2.45, 2.75) is 0 Å². The molecular weight excluding hydrogens is 250 g/mol. The molecule has 0 spiro atoms.